The minimum Gasteiger partial charge on any atom is -0.341 e. The summed E-state index contributed by atoms with van der Waals surface area (Å²) in [5, 5.41) is 0. The summed E-state index contributed by atoms with van der Waals surface area (Å²) < 4.78 is 26.9. The molecule has 0 aliphatic carbocycles. The monoisotopic (exact) mass is 223 g/mol. The average Bonchev–Trinajstić information content (AvgIpc) is 2.30. The molecule has 1 aromatic rings. The number of rotatable bonds is 2. The second kappa shape index (κ2) is 4.43. The van der Waals surface area contributed by atoms with Gasteiger partial charge in [0.2, 0.25) is 6.41 Å². The topological polar surface area (TPSA) is 20.3 Å². The SMILES string of the molecule is O=CN1CC=C(c2c(F)cccc2F)CC1. The van der Waals surface area contributed by atoms with Crippen LogP contribution in [0.4, 0.5) is 8.78 Å². The Kier molecular flexibility index (Phi) is 2.99. The highest BCUT2D eigenvalue weighted by molar-refractivity contribution is 5.68. The summed E-state index contributed by atoms with van der Waals surface area (Å²) in [4.78, 5) is 12.0. The molecule has 0 saturated heterocycles. The predicted octanol–water partition coefficient (Wildman–Crippen LogP) is 2.21. The largest absolute Gasteiger partial charge is 0.341 e. The van der Waals surface area contributed by atoms with Crippen LogP contribution in [-0.4, -0.2) is 24.4 Å². The van der Waals surface area contributed by atoms with Crippen molar-refractivity contribution in [3.05, 3.63) is 41.5 Å². The molecule has 0 bridgehead atoms. The number of benzene rings is 1. The lowest BCUT2D eigenvalue weighted by atomic mass is 9.98. The summed E-state index contributed by atoms with van der Waals surface area (Å²) in [7, 11) is 0. The number of carbonyl (C=O) groups excluding carboxylic acids is 1. The Morgan fingerprint density at radius 1 is 1.25 bits per heavy atom. The third-order valence-electron chi connectivity index (χ3n) is 2.67. The van der Waals surface area contributed by atoms with Gasteiger partial charge in [-0.3, -0.25) is 4.79 Å². The molecule has 0 N–H and O–H groups in total. The van der Waals surface area contributed by atoms with Crippen LogP contribution < -0.4 is 0 Å². The highest BCUT2D eigenvalue weighted by Gasteiger charge is 2.17. The maximum atomic E-state index is 13.5. The highest BCUT2D eigenvalue weighted by atomic mass is 19.1. The third kappa shape index (κ3) is 1.96. The van der Waals surface area contributed by atoms with Gasteiger partial charge in [0, 0.05) is 18.7 Å². The van der Waals surface area contributed by atoms with Crippen molar-refractivity contribution in [3.8, 4) is 0 Å². The fourth-order valence-electron chi connectivity index (χ4n) is 1.81. The van der Waals surface area contributed by atoms with Crippen molar-refractivity contribution in [3.63, 3.8) is 0 Å². The molecule has 1 aliphatic rings. The molecular formula is C12H11F2NO. The minimum absolute atomic E-state index is 0.0352. The Labute approximate surface area is 92.2 Å². The number of halogens is 2. The van der Waals surface area contributed by atoms with Crippen molar-refractivity contribution in [1.29, 1.82) is 0 Å². The first kappa shape index (κ1) is 10.8. The van der Waals surface area contributed by atoms with E-state index in [1.165, 1.54) is 18.2 Å². The highest BCUT2D eigenvalue weighted by Crippen LogP contribution is 2.26. The van der Waals surface area contributed by atoms with Crippen LogP contribution in [0.1, 0.15) is 12.0 Å². The minimum atomic E-state index is -0.550. The van der Waals surface area contributed by atoms with Gasteiger partial charge >= 0.3 is 0 Å². The molecule has 1 heterocycles. The van der Waals surface area contributed by atoms with Gasteiger partial charge in [-0.25, -0.2) is 8.78 Å². The van der Waals surface area contributed by atoms with Crippen LogP contribution in [0, 0.1) is 11.6 Å². The smallest absolute Gasteiger partial charge is 0.209 e. The van der Waals surface area contributed by atoms with Crippen LogP contribution in [0.3, 0.4) is 0 Å². The molecular weight excluding hydrogens is 212 g/mol. The van der Waals surface area contributed by atoms with Crippen molar-refractivity contribution in [2.45, 2.75) is 6.42 Å². The Hall–Kier alpha value is -1.71. The van der Waals surface area contributed by atoms with Crippen LogP contribution in [0.15, 0.2) is 24.3 Å². The molecule has 16 heavy (non-hydrogen) atoms. The quantitative estimate of drug-likeness (QED) is 0.704. The van der Waals surface area contributed by atoms with E-state index < -0.39 is 11.6 Å². The second-order valence-electron chi connectivity index (χ2n) is 3.68. The van der Waals surface area contributed by atoms with Gasteiger partial charge < -0.3 is 4.90 Å². The number of hydrogen-bond donors (Lipinski definition) is 0. The Bertz CT molecular complexity index is 422. The van der Waals surface area contributed by atoms with Crippen molar-refractivity contribution < 1.29 is 13.6 Å². The molecule has 0 spiro atoms. The molecule has 0 unspecified atom stereocenters. The summed E-state index contributed by atoms with van der Waals surface area (Å²) >= 11 is 0. The molecule has 2 rings (SSSR count). The van der Waals surface area contributed by atoms with Crippen molar-refractivity contribution in [1.82, 2.24) is 4.90 Å². The summed E-state index contributed by atoms with van der Waals surface area (Å²) in [6.45, 7) is 0.912. The van der Waals surface area contributed by atoms with E-state index in [0.717, 1.165) is 6.41 Å². The zero-order chi connectivity index (χ0) is 11.5. The maximum Gasteiger partial charge on any atom is 0.209 e. The van der Waals surface area contributed by atoms with Gasteiger partial charge in [-0.2, -0.15) is 0 Å². The molecule has 1 aromatic carbocycles. The normalized spacial score (nSPS) is 15.9. The zero-order valence-corrected chi connectivity index (χ0v) is 8.62. The number of amides is 1. The first-order chi connectivity index (χ1) is 7.72. The van der Waals surface area contributed by atoms with Crippen molar-refractivity contribution in [2.24, 2.45) is 0 Å². The number of nitrogens with zero attached hydrogens (tertiary/aromatic N) is 1. The fraction of sp³-hybridized carbons (Fsp3) is 0.250. The van der Waals surface area contributed by atoms with Gasteiger partial charge in [0.1, 0.15) is 11.6 Å². The van der Waals surface area contributed by atoms with E-state index in [-0.39, 0.29) is 5.56 Å². The van der Waals surface area contributed by atoms with E-state index in [1.807, 2.05) is 0 Å². The zero-order valence-electron chi connectivity index (χ0n) is 8.62. The average molecular weight is 223 g/mol. The molecule has 1 amide bonds. The Morgan fingerprint density at radius 2 is 1.94 bits per heavy atom. The number of carbonyl (C=O) groups is 1. The van der Waals surface area contributed by atoms with E-state index in [1.54, 1.807) is 11.0 Å². The molecule has 84 valence electrons. The van der Waals surface area contributed by atoms with Crippen molar-refractivity contribution in [2.75, 3.05) is 13.1 Å². The summed E-state index contributed by atoms with van der Waals surface area (Å²) in [5.74, 6) is -1.10. The maximum absolute atomic E-state index is 13.5. The lowest BCUT2D eigenvalue weighted by molar-refractivity contribution is -0.117. The molecule has 0 saturated carbocycles. The van der Waals surface area contributed by atoms with Gasteiger partial charge in [-0.1, -0.05) is 12.1 Å². The van der Waals surface area contributed by atoms with Crippen LogP contribution in [0.25, 0.3) is 5.57 Å². The predicted molar refractivity (Wildman–Crippen MR) is 56.6 cm³/mol. The van der Waals surface area contributed by atoms with Gasteiger partial charge in [0.15, 0.2) is 0 Å². The molecule has 2 nitrogen and oxygen atoms in total. The molecule has 0 aromatic heterocycles. The first-order valence-electron chi connectivity index (χ1n) is 5.05. The van der Waals surface area contributed by atoms with Gasteiger partial charge in [-0.15, -0.1) is 0 Å². The van der Waals surface area contributed by atoms with E-state index in [9.17, 15) is 13.6 Å². The molecule has 1 aliphatic heterocycles. The van der Waals surface area contributed by atoms with Gasteiger partial charge in [0.25, 0.3) is 0 Å². The van der Waals surface area contributed by atoms with E-state index in [2.05, 4.69) is 0 Å². The van der Waals surface area contributed by atoms with Crippen LogP contribution in [0.5, 0.6) is 0 Å². The lowest BCUT2D eigenvalue weighted by Gasteiger charge is -2.22. The van der Waals surface area contributed by atoms with Crippen LogP contribution in [-0.2, 0) is 4.79 Å². The first-order valence-corrected chi connectivity index (χ1v) is 5.05. The van der Waals surface area contributed by atoms with Crippen LogP contribution >= 0.6 is 0 Å². The Balaban J connectivity index is 2.32. The third-order valence-corrected chi connectivity index (χ3v) is 2.67. The lowest BCUT2D eigenvalue weighted by Crippen LogP contribution is -2.27. The molecule has 0 atom stereocenters. The Morgan fingerprint density at radius 3 is 2.44 bits per heavy atom. The summed E-state index contributed by atoms with van der Waals surface area (Å²) in [6.07, 6.45) is 2.92. The van der Waals surface area contributed by atoms with Crippen LogP contribution in [0.2, 0.25) is 0 Å². The summed E-state index contributed by atoms with van der Waals surface area (Å²) in [6, 6.07) is 3.83. The molecule has 4 heteroatoms. The van der Waals surface area contributed by atoms with E-state index >= 15 is 0 Å². The van der Waals surface area contributed by atoms with Gasteiger partial charge in [-0.05, 0) is 24.1 Å². The van der Waals surface area contributed by atoms with Crippen molar-refractivity contribution >= 4 is 12.0 Å². The molecule has 0 radical (unpaired) electrons. The van der Waals surface area contributed by atoms with Gasteiger partial charge in [0.05, 0.1) is 0 Å². The fourth-order valence-corrected chi connectivity index (χ4v) is 1.81. The van der Waals surface area contributed by atoms with E-state index in [4.69, 9.17) is 0 Å². The number of hydrogen-bond acceptors (Lipinski definition) is 1. The summed E-state index contributed by atoms with van der Waals surface area (Å²) in [5.41, 5.74) is 0.668. The molecule has 0 fully saturated rings. The second-order valence-corrected chi connectivity index (χ2v) is 3.68. The standard InChI is InChI=1S/C12H11F2NO/c13-10-2-1-3-11(14)12(10)9-4-6-15(8-16)7-5-9/h1-4,8H,5-7H2. The van der Waals surface area contributed by atoms with E-state index in [0.29, 0.717) is 25.1 Å².